The first kappa shape index (κ1) is 28.9. The van der Waals surface area contributed by atoms with Crippen molar-refractivity contribution < 1.29 is 36.7 Å². The Morgan fingerprint density at radius 2 is 1.98 bits per heavy atom. The van der Waals surface area contributed by atoms with Crippen molar-refractivity contribution in [3.8, 4) is 6.19 Å². The Kier molecular flexibility index (Phi) is 8.06. The molecule has 40 heavy (non-hydrogen) atoms. The van der Waals surface area contributed by atoms with E-state index in [2.05, 4.69) is 10.3 Å². The van der Waals surface area contributed by atoms with Gasteiger partial charge in [0.05, 0.1) is 5.69 Å². The van der Waals surface area contributed by atoms with Gasteiger partial charge in [0.1, 0.15) is 18.4 Å². The molecule has 14 heteroatoms. The van der Waals surface area contributed by atoms with Crippen LogP contribution in [0, 0.1) is 17.3 Å². The van der Waals surface area contributed by atoms with E-state index in [4.69, 9.17) is 10.00 Å². The third kappa shape index (κ3) is 5.60. The summed E-state index contributed by atoms with van der Waals surface area (Å²) in [5.74, 6) is -2.58. The van der Waals surface area contributed by atoms with Gasteiger partial charge in [-0.1, -0.05) is 30.0 Å². The summed E-state index contributed by atoms with van der Waals surface area (Å²) in [5.41, 5.74) is 0.0708. The van der Waals surface area contributed by atoms with Crippen molar-refractivity contribution in [1.29, 1.82) is 5.26 Å². The first-order chi connectivity index (χ1) is 18.9. The second-order valence-electron chi connectivity index (χ2n) is 9.15. The normalized spacial score (nSPS) is 19.3. The molecule has 0 bridgehead atoms. The molecule has 2 aromatic rings. The second kappa shape index (κ2) is 11.2. The zero-order chi connectivity index (χ0) is 29.2. The van der Waals surface area contributed by atoms with Crippen LogP contribution < -0.4 is 5.32 Å². The fraction of sp³-hybridized carbons (Fsp3) is 0.346. The van der Waals surface area contributed by atoms with Gasteiger partial charge in [-0.05, 0) is 55.0 Å². The molecule has 1 heterocycles. The Labute approximate surface area is 230 Å². The molecule has 1 aliphatic heterocycles. The number of benzene rings is 2. The molecule has 2 aromatic carbocycles. The smallest absolute Gasteiger partial charge is 0.418 e. The summed E-state index contributed by atoms with van der Waals surface area (Å²) in [6.45, 7) is -0.697. The van der Waals surface area contributed by atoms with Crippen LogP contribution in [-0.2, 0) is 32.9 Å². The maximum absolute atomic E-state index is 13.6. The summed E-state index contributed by atoms with van der Waals surface area (Å²) in [6.07, 6.45) is -2.01. The maximum atomic E-state index is 13.6. The van der Waals surface area contributed by atoms with Crippen LogP contribution in [0.2, 0.25) is 0 Å². The van der Waals surface area contributed by atoms with E-state index in [9.17, 15) is 31.9 Å². The summed E-state index contributed by atoms with van der Waals surface area (Å²) in [4.78, 5) is 44.7. The average Bonchev–Trinajstić information content (AvgIpc) is 3.38. The fourth-order valence-corrected chi connectivity index (χ4v) is 4.97. The van der Waals surface area contributed by atoms with E-state index in [0.29, 0.717) is 38.2 Å². The largest absolute Gasteiger partial charge is 0.427 e. The molecule has 1 aliphatic carbocycles. The minimum absolute atomic E-state index is 0.0782. The maximum Gasteiger partial charge on any atom is 0.418 e. The fourth-order valence-electron chi connectivity index (χ4n) is 4.63. The van der Waals surface area contributed by atoms with Crippen LogP contribution in [0.25, 0.3) is 0 Å². The van der Waals surface area contributed by atoms with Crippen LogP contribution >= 0.6 is 11.8 Å². The van der Waals surface area contributed by atoms with Crippen LogP contribution in [0.4, 0.5) is 28.0 Å². The first-order valence-electron chi connectivity index (χ1n) is 12.0. The summed E-state index contributed by atoms with van der Waals surface area (Å²) >= 11 is 1.22. The predicted molar refractivity (Wildman–Crippen MR) is 136 cm³/mol. The lowest BCUT2D eigenvalue weighted by Gasteiger charge is -2.31. The molecule has 0 radical (unpaired) electrons. The first-order valence-corrected chi connectivity index (χ1v) is 13.2. The molecule has 2 atom stereocenters. The standard InChI is InChI=1S/C26H23F4N5O4S/c1-15(26(28,29)30)34(12-16-3-5-18(27)6-4-16)21(36)13-35-22(37)25(39-24(35)38)10-9-17-11-19(7-8-20(17)25)33-23(40-2)32-14-31/h3-8,11,15H,9-10,12-13H2,1-2H3,(H,32,33)/t15-,25+/m0/s1. The molecular formula is C26H23F4N5O4S. The lowest BCUT2D eigenvalue weighted by molar-refractivity contribution is -0.187. The second-order valence-corrected chi connectivity index (χ2v) is 9.95. The lowest BCUT2D eigenvalue weighted by Crippen LogP contribution is -2.51. The van der Waals surface area contributed by atoms with Gasteiger partial charge in [0.15, 0.2) is 11.4 Å². The minimum atomic E-state index is -4.80. The van der Waals surface area contributed by atoms with Crippen molar-refractivity contribution in [2.45, 2.75) is 44.1 Å². The van der Waals surface area contributed by atoms with Crippen LogP contribution in [0.3, 0.4) is 0 Å². The van der Waals surface area contributed by atoms with Crippen LogP contribution in [0.15, 0.2) is 47.5 Å². The van der Waals surface area contributed by atoms with Crippen molar-refractivity contribution in [2.24, 2.45) is 4.99 Å². The van der Waals surface area contributed by atoms with Crippen LogP contribution in [-0.4, -0.2) is 57.9 Å². The Morgan fingerprint density at radius 1 is 1.27 bits per heavy atom. The molecule has 0 aromatic heterocycles. The van der Waals surface area contributed by atoms with E-state index in [1.165, 1.54) is 23.9 Å². The molecule has 3 amide bonds. The van der Waals surface area contributed by atoms with Gasteiger partial charge in [0.25, 0.3) is 5.91 Å². The summed E-state index contributed by atoms with van der Waals surface area (Å²) in [5, 5.41) is 11.6. The number of thioether (sulfide) groups is 1. The molecule has 9 nitrogen and oxygen atoms in total. The molecular weight excluding hydrogens is 554 g/mol. The molecule has 0 unspecified atom stereocenters. The number of alkyl halides is 3. The Morgan fingerprint density at radius 3 is 2.60 bits per heavy atom. The Balaban J connectivity index is 1.57. The van der Waals surface area contributed by atoms with Gasteiger partial charge >= 0.3 is 12.3 Å². The SMILES string of the molecule is CSC(=Nc1ccc2c(c1)CC[C@@]21OC(=O)N(CC(=O)N(Cc2ccc(F)cc2)[C@@H](C)C(F)(F)F)C1=O)NC#N. The predicted octanol–water partition coefficient (Wildman–Crippen LogP) is 4.35. The number of fused-ring (bicyclic) bond motifs is 2. The van der Waals surface area contributed by atoms with Gasteiger partial charge in [0, 0.05) is 18.5 Å². The van der Waals surface area contributed by atoms with Gasteiger partial charge < -0.3 is 9.64 Å². The summed E-state index contributed by atoms with van der Waals surface area (Å²) in [7, 11) is 0. The number of amides is 3. The molecule has 1 saturated heterocycles. The molecule has 2 aliphatic rings. The van der Waals surface area contributed by atoms with Crippen molar-refractivity contribution in [2.75, 3.05) is 12.8 Å². The van der Waals surface area contributed by atoms with E-state index in [0.717, 1.165) is 19.1 Å². The summed E-state index contributed by atoms with van der Waals surface area (Å²) < 4.78 is 59.6. The summed E-state index contributed by atoms with van der Waals surface area (Å²) in [6, 6.07) is 7.17. The number of halogens is 4. The van der Waals surface area contributed by atoms with E-state index in [1.54, 1.807) is 30.6 Å². The third-order valence-corrected chi connectivity index (χ3v) is 7.33. The highest BCUT2D eigenvalue weighted by Crippen LogP contribution is 2.46. The molecule has 1 spiro atoms. The average molecular weight is 578 g/mol. The van der Waals surface area contributed by atoms with Gasteiger partial charge in [-0.2, -0.15) is 18.4 Å². The number of ether oxygens (including phenoxy) is 1. The number of aryl methyl sites for hydroxylation is 1. The number of rotatable bonds is 6. The number of nitrogens with zero attached hydrogens (tertiary/aromatic N) is 4. The number of carbonyl (C=O) groups is 3. The number of nitriles is 1. The lowest BCUT2D eigenvalue weighted by atomic mass is 9.94. The number of amidine groups is 1. The van der Waals surface area contributed by atoms with Crippen molar-refractivity contribution in [3.63, 3.8) is 0 Å². The van der Waals surface area contributed by atoms with Crippen molar-refractivity contribution in [3.05, 3.63) is 65.0 Å². The molecule has 1 N–H and O–H groups in total. The number of hydrogen-bond donors (Lipinski definition) is 1. The van der Waals surface area contributed by atoms with E-state index >= 15 is 0 Å². The number of carbonyl (C=O) groups excluding carboxylic acids is 3. The van der Waals surface area contributed by atoms with Gasteiger partial charge in [0.2, 0.25) is 11.5 Å². The van der Waals surface area contributed by atoms with Gasteiger partial charge in [-0.25, -0.2) is 19.1 Å². The number of aliphatic imine (C=N–C) groups is 1. The van der Waals surface area contributed by atoms with E-state index in [1.807, 2.05) is 0 Å². The monoisotopic (exact) mass is 577 g/mol. The number of imide groups is 1. The van der Waals surface area contributed by atoms with Gasteiger partial charge in [-0.3, -0.25) is 14.9 Å². The van der Waals surface area contributed by atoms with E-state index < -0.39 is 54.6 Å². The van der Waals surface area contributed by atoms with Crippen molar-refractivity contribution >= 4 is 40.5 Å². The molecule has 0 saturated carbocycles. The van der Waals surface area contributed by atoms with Crippen molar-refractivity contribution in [1.82, 2.24) is 15.1 Å². The quantitative estimate of drug-likeness (QED) is 0.179. The molecule has 4 rings (SSSR count). The topological polar surface area (TPSA) is 115 Å². The molecule has 1 fully saturated rings. The zero-order valence-corrected chi connectivity index (χ0v) is 22.1. The minimum Gasteiger partial charge on any atom is -0.427 e. The van der Waals surface area contributed by atoms with Crippen LogP contribution in [0.5, 0.6) is 0 Å². The van der Waals surface area contributed by atoms with E-state index in [-0.39, 0.29) is 12.0 Å². The number of nitrogens with one attached hydrogen (secondary N) is 1. The highest BCUT2D eigenvalue weighted by Gasteiger charge is 2.58. The zero-order valence-electron chi connectivity index (χ0n) is 21.3. The third-order valence-electron chi connectivity index (χ3n) is 6.75. The Hall–Kier alpha value is -4.12. The highest BCUT2D eigenvalue weighted by molar-refractivity contribution is 8.13. The van der Waals surface area contributed by atoms with Gasteiger partial charge in [-0.15, -0.1) is 0 Å². The molecule has 210 valence electrons. The Bertz CT molecular complexity index is 1410. The van der Waals surface area contributed by atoms with Crippen LogP contribution in [0.1, 0.15) is 30.0 Å². The highest BCUT2D eigenvalue weighted by atomic mass is 32.2. The number of hydrogen-bond acceptors (Lipinski definition) is 7.